The van der Waals surface area contributed by atoms with Gasteiger partial charge in [-0.2, -0.15) is 0 Å². The highest BCUT2D eigenvalue weighted by atomic mass is 16.3. The van der Waals surface area contributed by atoms with Crippen LogP contribution in [0, 0.1) is 11.3 Å². The van der Waals surface area contributed by atoms with Crippen LogP contribution in [0.3, 0.4) is 0 Å². The maximum atomic E-state index is 9.64. The number of rotatable bonds is 5. The summed E-state index contributed by atoms with van der Waals surface area (Å²) in [5.74, 6) is 0.968. The zero-order valence-corrected chi connectivity index (χ0v) is 12.1. The van der Waals surface area contributed by atoms with Crippen molar-refractivity contribution in [2.45, 2.75) is 77.2 Å². The Morgan fingerprint density at radius 1 is 1.06 bits per heavy atom. The lowest BCUT2D eigenvalue weighted by molar-refractivity contribution is 0.123. The topological polar surface area (TPSA) is 32.3 Å². The first kappa shape index (κ1) is 14.3. The number of hydrogen-bond donors (Lipinski definition) is 2. The lowest BCUT2D eigenvalue weighted by atomic mass is 9.86. The average molecular weight is 253 g/mol. The minimum Gasteiger partial charge on any atom is -0.396 e. The van der Waals surface area contributed by atoms with Crippen LogP contribution in [0.4, 0.5) is 0 Å². The molecule has 0 aliphatic heterocycles. The van der Waals surface area contributed by atoms with Gasteiger partial charge >= 0.3 is 0 Å². The molecule has 106 valence electrons. The molecule has 0 saturated heterocycles. The first-order valence-corrected chi connectivity index (χ1v) is 8.12. The molecule has 2 atom stereocenters. The molecule has 0 aromatic heterocycles. The minimum atomic E-state index is 0.219. The Balaban J connectivity index is 1.75. The molecule has 2 nitrogen and oxygen atoms in total. The standard InChI is InChI=1S/C16H31NO/c1-2-14-6-5-7-15(9-8-14)17-12-16(13-18)10-3-4-11-16/h14-15,17-18H,2-13H2,1H3. The third-order valence-corrected chi connectivity index (χ3v) is 5.43. The normalized spacial score (nSPS) is 32.3. The van der Waals surface area contributed by atoms with Crippen LogP contribution < -0.4 is 5.32 Å². The van der Waals surface area contributed by atoms with Crippen LogP contribution in [-0.2, 0) is 0 Å². The largest absolute Gasteiger partial charge is 0.396 e. The molecule has 0 amide bonds. The van der Waals surface area contributed by atoms with E-state index in [4.69, 9.17) is 0 Å². The van der Waals surface area contributed by atoms with Gasteiger partial charge in [0.1, 0.15) is 0 Å². The van der Waals surface area contributed by atoms with E-state index in [9.17, 15) is 5.11 Å². The Bertz CT molecular complexity index is 235. The number of aliphatic hydroxyl groups is 1. The molecule has 0 aromatic rings. The fraction of sp³-hybridized carbons (Fsp3) is 1.00. The van der Waals surface area contributed by atoms with Gasteiger partial charge in [-0.25, -0.2) is 0 Å². The quantitative estimate of drug-likeness (QED) is 0.735. The Hall–Kier alpha value is -0.0800. The first-order chi connectivity index (χ1) is 8.78. The van der Waals surface area contributed by atoms with E-state index in [2.05, 4.69) is 12.2 Å². The van der Waals surface area contributed by atoms with Crippen molar-refractivity contribution in [3.8, 4) is 0 Å². The second-order valence-electron chi connectivity index (χ2n) is 6.73. The third kappa shape index (κ3) is 3.71. The molecule has 2 heteroatoms. The lowest BCUT2D eigenvalue weighted by Gasteiger charge is -2.29. The highest BCUT2D eigenvalue weighted by Crippen LogP contribution is 2.37. The summed E-state index contributed by atoms with van der Waals surface area (Å²) in [6.07, 6.45) is 13.3. The molecular weight excluding hydrogens is 222 g/mol. The lowest BCUT2D eigenvalue weighted by Crippen LogP contribution is -2.40. The molecule has 2 aliphatic rings. The summed E-state index contributed by atoms with van der Waals surface area (Å²) in [6, 6.07) is 0.713. The number of nitrogens with one attached hydrogen (secondary N) is 1. The molecule has 2 saturated carbocycles. The molecule has 0 spiro atoms. The maximum absolute atomic E-state index is 9.64. The predicted molar refractivity (Wildman–Crippen MR) is 76.6 cm³/mol. The molecule has 2 unspecified atom stereocenters. The smallest absolute Gasteiger partial charge is 0.0499 e. The monoisotopic (exact) mass is 253 g/mol. The molecule has 2 N–H and O–H groups in total. The Morgan fingerprint density at radius 3 is 2.50 bits per heavy atom. The van der Waals surface area contributed by atoms with E-state index < -0.39 is 0 Å². The molecule has 2 rings (SSSR count). The summed E-state index contributed by atoms with van der Waals surface area (Å²) < 4.78 is 0. The molecule has 0 aromatic carbocycles. The van der Waals surface area contributed by atoms with Gasteiger partial charge in [-0.15, -0.1) is 0 Å². The SMILES string of the molecule is CCC1CCCC(NCC2(CO)CCCC2)CC1. The van der Waals surface area contributed by atoms with E-state index >= 15 is 0 Å². The summed E-state index contributed by atoms with van der Waals surface area (Å²) in [5.41, 5.74) is 0.219. The zero-order valence-electron chi connectivity index (χ0n) is 12.1. The predicted octanol–water partition coefficient (Wildman–Crippen LogP) is 3.49. The van der Waals surface area contributed by atoms with Crippen molar-refractivity contribution >= 4 is 0 Å². The van der Waals surface area contributed by atoms with Gasteiger partial charge in [0, 0.05) is 24.6 Å². The first-order valence-electron chi connectivity index (χ1n) is 8.12. The fourth-order valence-corrected chi connectivity index (χ4v) is 3.87. The molecular formula is C16H31NO. The van der Waals surface area contributed by atoms with E-state index in [1.807, 2.05) is 0 Å². The van der Waals surface area contributed by atoms with Gasteiger partial charge in [0.05, 0.1) is 0 Å². The summed E-state index contributed by atoms with van der Waals surface area (Å²) in [6.45, 7) is 3.76. The van der Waals surface area contributed by atoms with Crippen molar-refractivity contribution in [1.82, 2.24) is 5.32 Å². The van der Waals surface area contributed by atoms with Gasteiger partial charge in [-0.05, 0) is 38.0 Å². The molecule has 0 heterocycles. The van der Waals surface area contributed by atoms with Gasteiger partial charge in [-0.3, -0.25) is 0 Å². The van der Waals surface area contributed by atoms with Crippen LogP contribution in [0.5, 0.6) is 0 Å². The number of aliphatic hydroxyl groups excluding tert-OH is 1. The van der Waals surface area contributed by atoms with Gasteiger partial charge in [-0.1, -0.05) is 39.0 Å². The van der Waals surface area contributed by atoms with E-state index in [1.165, 1.54) is 64.2 Å². The third-order valence-electron chi connectivity index (χ3n) is 5.43. The zero-order chi connectivity index (χ0) is 12.8. The van der Waals surface area contributed by atoms with Crippen LogP contribution in [0.15, 0.2) is 0 Å². The van der Waals surface area contributed by atoms with Crippen molar-refractivity contribution in [2.75, 3.05) is 13.2 Å². The molecule has 2 fully saturated rings. The second-order valence-corrected chi connectivity index (χ2v) is 6.73. The summed E-state index contributed by atoms with van der Waals surface area (Å²) in [7, 11) is 0. The maximum Gasteiger partial charge on any atom is 0.0499 e. The molecule has 0 bridgehead atoms. The van der Waals surface area contributed by atoms with E-state index in [1.54, 1.807) is 0 Å². The van der Waals surface area contributed by atoms with Gasteiger partial charge in [0.2, 0.25) is 0 Å². The second kappa shape index (κ2) is 6.91. The van der Waals surface area contributed by atoms with Crippen LogP contribution in [0.25, 0.3) is 0 Å². The van der Waals surface area contributed by atoms with Gasteiger partial charge < -0.3 is 10.4 Å². The van der Waals surface area contributed by atoms with Crippen LogP contribution in [-0.4, -0.2) is 24.3 Å². The van der Waals surface area contributed by atoms with E-state index in [0.717, 1.165) is 12.5 Å². The molecule has 0 radical (unpaired) electrons. The van der Waals surface area contributed by atoms with E-state index in [0.29, 0.717) is 12.6 Å². The van der Waals surface area contributed by atoms with Crippen LogP contribution in [0.2, 0.25) is 0 Å². The van der Waals surface area contributed by atoms with Crippen molar-refractivity contribution in [2.24, 2.45) is 11.3 Å². The van der Waals surface area contributed by atoms with Gasteiger partial charge in [0.25, 0.3) is 0 Å². The van der Waals surface area contributed by atoms with Crippen molar-refractivity contribution < 1.29 is 5.11 Å². The Kier molecular flexibility index (Phi) is 5.50. The minimum absolute atomic E-state index is 0.219. The highest BCUT2D eigenvalue weighted by molar-refractivity contribution is 4.87. The Morgan fingerprint density at radius 2 is 1.83 bits per heavy atom. The molecule has 18 heavy (non-hydrogen) atoms. The van der Waals surface area contributed by atoms with Crippen LogP contribution in [0.1, 0.15) is 71.1 Å². The summed E-state index contributed by atoms with van der Waals surface area (Å²) >= 11 is 0. The summed E-state index contributed by atoms with van der Waals surface area (Å²) in [5, 5.41) is 13.4. The molecule has 2 aliphatic carbocycles. The highest BCUT2D eigenvalue weighted by Gasteiger charge is 2.33. The van der Waals surface area contributed by atoms with Crippen molar-refractivity contribution in [3.63, 3.8) is 0 Å². The van der Waals surface area contributed by atoms with Crippen molar-refractivity contribution in [3.05, 3.63) is 0 Å². The van der Waals surface area contributed by atoms with Crippen molar-refractivity contribution in [1.29, 1.82) is 0 Å². The summed E-state index contributed by atoms with van der Waals surface area (Å²) in [4.78, 5) is 0. The van der Waals surface area contributed by atoms with E-state index in [-0.39, 0.29) is 5.41 Å². The average Bonchev–Trinajstić information content (AvgIpc) is 2.76. The number of hydrogen-bond acceptors (Lipinski definition) is 2. The Labute approximate surface area is 113 Å². The van der Waals surface area contributed by atoms with Crippen LogP contribution >= 0.6 is 0 Å². The fourth-order valence-electron chi connectivity index (χ4n) is 3.87. The van der Waals surface area contributed by atoms with Gasteiger partial charge in [0.15, 0.2) is 0 Å².